The smallest absolute Gasteiger partial charge is 0.251 e. The molecule has 0 fully saturated rings. The fraction of sp³-hybridized carbons (Fsp3) is 0.0526. The van der Waals surface area contributed by atoms with Crippen molar-refractivity contribution in [3.05, 3.63) is 89.6 Å². The van der Waals surface area contributed by atoms with Crippen LogP contribution in [0.1, 0.15) is 15.9 Å². The molecule has 0 saturated carbocycles. The van der Waals surface area contributed by atoms with Crippen LogP contribution in [0.15, 0.2) is 66.9 Å². The Morgan fingerprint density at radius 1 is 1.00 bits per heavy atom. The minimum absolute atomic E-state index is 0.184. The first-order valence-corrected chi connectivity index (χ1v) is 7.53. The van der Waals surface area contributed by atoms with E-state index in [1.165, 1.54) is 12.1 Å². The molecule has 2 aromatic carbocycles. The van der Waals surface area contributed by atoms with E-state index in [1.807, 2.05) is 0 Å². The minimum Gasteiger partial charge on any atom is -0.439 e. The van der Waals surface area contributed by atoms with Gasteiger partial charge >= 0.3 is 0 Å². The molecule has 0 radical (unpaired) electrons. The van der Waals surface area contributed by atoms with Crippen molar-refractivity contribution >= 4 is 5.91 Å². The van der Waals surface area contributed by atoms with Gasteiger partial charge in [0.25, 0.3) is 5.91 Å². The number of rotatable bonds is 5. The predicted molar refractivity (Wildman–Crippen MR) is 88.3 cm³/mol. The highest BCUT2D eigenvalue weighted by molar-refractivity contribution is 5.94. The number of nitrogens with one attached hydrogen (secondary N) is 1. The highest BCUT2D eigenvalue weighted by atomic mass is 19.1. The van der Waals surface area contributed by atoms with Crippen LogP contribution < -0.4 is 10.1 Å². The van der Waals surface area contributed by atoms with Gasteiger partial charge in [-0.1, -0.05) is 18.2 Å². The molecule has 0 aliphatic carbocycles. The number of hydrogen-bond donors (Lipinski definition) is 1. The zero-order chi connectivity index (χ0) is 17.6. The van der Waals surface area contributed by atoms with Crippen LogP contribution in [-0.2, 0) is 6.54 Å². The summed E-state index contributed by atoms with van der Waals surface area (Å²) in [6, 6.07) is 15.2. The molecule has 1 N–H and O–H groups in total. The molecule has 25 heavy (non-hydrogen) atoms. The summed E-state index contributed by atoms with van der Waals surface area (Å²) in [6.45, 7) is -0.247. The second-order valence-electron chi connectivity index (χ2n) is 5.18. The third-order valence-electron chi connectivity index (χ3n) is 3.44. The Kier molecular flexibility index (Phi) is 4.99. The summed E-state index contributed by atoms with van der Waals surface area (Å²) in [5, 5.41) is 2.50. The molecule has 1 aromatic heterocycles. The number of nitrogens with zero attached hydrogens (tertiary/aromatic N) is 1. The van der Waals surface area contributed by atoms with Gasteiger partial charge in [0.05, 0.1) is 0 Å². The van der Waals surface area contributed by atoms with Gasteiger partial charge in [-0.15, -0.1) is 0 Å². The monoisotopic (exact) mass is 340 g/mol. The fourth-order valence-corrected chi connectivity index (χ4v) is 2.20. The van der Waals surface area contributed by atoms with Gasteiger partial charge in [-0.2, -0.15) is 0 Å². The van der Waals surface area contributed by atoms with Gasteiger partial charge in [-0.3, -0.25) is 4.79 Å². The maximum Gasteiger partial charge on any atom is 0.251 e. The Balaban J connectivity index is 1.69. The van der Waals surface area contributed by atoms with E-state index in [9.17, 15) is 13.6 Å². The van der Waals surface area contributed by atoms with Crippen molar-refractivity contribution in [2.45, 2.75) is 6.54 Å². The lowest BCUT2D eigenvalue weighted by atomic mass is 10.1. The molecule has 1 heterocycles. The second kappa shape index (κ2) is 7.53. The van der Waals surface area contributed by atoms with Crippen LogP contribution in [0, 0.1) is 11.6 Å². The van der Waals surface area contributed by atoms with Gasteiger partial charge in [0.1, 0.15) is 17.4 Å². The fourth-order valence-electron chi connectivity index (χ4n) is 2.20. The number of pyridine rings is 1. The van der Waals surface area contributed by atoms with Gasteiger partial charge < -0.3 is 10.1 Å². The molecule has 0 aliphatic heterocycles. The molecule has 0 unspecified atom stereocenters. The standard InChI is InChI=1S/C19H14F2N2O2/c20-16-7-4-8-17(21)15(16)12-23-19(24)13-5-3-6-14(11-13)25-18-9-1-2-10-22-18/h1-11H,12H2,(H,23,24). The average molecular weight is 340 g/mol. The van der Waals surface area contributed by atoms with Crippen molar-refractivity contribution in [2.75, 3.05) is 0 Å². The van der Waals surface area contributed by atoms with Crippen molar-refractivity contribution in [3.8, 4) is 11.6 Å². The third-order valence-corrected chi connectivity index (χ3v) is 3.44. The molecule has 4 nitrogen and oxygen atoms in total. The average Bonchev–Trinajstić information content (AvgIpc) is 2.62. The molecule has 0 atom stereocenters. The quantitative estimate of drug-likeness (QED) is 0.761. The van der Waals surface area contributed by atoms with Crippen LogP contribution in [0.4, 0.5) is 8.78 Å². The number of halogens is 2. The van der Waals surface area contributed by atoms with Crippen LogP contribution >= 0.6 is 0 Å². The van der Waals surface area contributed by atoms with Crippen LogP contribution in [0.3, 0.4) is 0 Å². The third kappa shape index (κ3) is 4.17. The number of amides is 1. The zero-order valence-electron chi connectivity index (χ0n) is 13.1. The first-order chi connectivity index (χ1) is 12.1. The van der Waals surface area contributed by atoms with Gasteiger partial charge in [-0.05, 0) is 36.4 Å². The largest absolute Gasteiger partial charge is 0.439 e. The van der Waals surface area contributed by atoms with Gasteiger partial charge in [0.15, 0.2) is 0 Å². The summed E-state index contributed by atoms with van der Waals surface area (Å²) in [5.74, 6) is -1.04. The maximum absolute atomic E-state index is 13.6. The summed E-state index contributed by atoms with van der Waals surface area (Å²) in [4.78, 5) is 16.3. The normalized spacial score (nSPS) is 10.3. The Morgan fingerprint density at radius 3 is 2.48 bits per heavy atom. The summed E-state index contributed by atoms with van der Waals surface area (Å²) in [6.07, 6.45) is 1.59. The van der Waals surface area contributed by atoms with E-state index in [4.69, 9.17) is 4.74 Å². The Bertz CT molecular complexity index is 865. The van der Waals surface area contributed by atoms with Gasteiger partial charge in [-0.25, -0.2) is 13.8 Å². The number of carbonyl (C=O) groups is 1. The van der Waals surface area contributed by atoms with Crippen molar-refractivity contribution in [2.24, 2.45) is 0 Å². The van der Waals surface area contributed by atoms with Gasteiger partial charge in [0.2, 0.25) is 5.88 Å². The maximum atomic E-state index is 13.6. The number of benzene rings is 2. The molecular weight excluding hydrogens is 326 g/mol. The summed E-state index contributed by atoms with van der Waals surface area (Å²) in [7, 11) is 0. The summed E-state index contributed by atoms with van der Waals surface area (Å²) in [5.41, 5.74) is 0.127. The van der Waals surface area contributed by atoms with Crippen molar-refractivity contribution < 1.29 is 18.3 Å². The van der Waals surface area contributed by atoms with Crippen molar-refractivity contribution in [1.29, 1.82) is 0 Å². The van der Waals surface area contributed by atoms with E-state index in [2.05, 4.69) is 10.3 Å². The molecule has 6 heteroatoms. The molecule has 126 valence electrons. The molecular formula is C19H14F2N2O2. The lowest BCUT2D eigenvalue weighted by molar-refractivity contribution is 0.0950. The van der Waals surface area contributed by atoms with Crippen LogP contribution in [0.2, 0.25) is 0 Å². The Hall–Kier alpha value is -3.28. The van der Waals surface area contributed by atoms with Crippen molar-refractivity contribution in [1.82, 2.24) is 10.3 Å². The van der Waals surface area contributed by atoms with E-state index < -0.39 is 17.5 Å². The van der Waals surface area contributed by atoms with E-state index in [0.29, 0.717) is 17.2 Å². The molecule has 3 rings (SSSR count). The highest BCUT2D eigenvalue weighted by Gasteiger charge is 2.12. The van der Waals surface area contributed by atoms with Crippen LogP contribution in [-0.4, -0.2) is 10.9 Å². The van der Waals surface area contributed by atoms with E-state index in [-0.39, 0.29) is 12.1 Å². The molecule has 0 aliphatic rings. The van der Waals surface area contributed by atoms with Gasteiger partial charge in [0, 0.05) is 29.9 Å². The molecule has 0 saturated heterocycles. The second-order valence-corrected chi connectivity index (χ2v) is 5.18. The van der Waals surface area contributed by atoms with E-state index in [1.54, 1.807) is 42.6 Å². The molecule has 0 spiro atoms. The molecule has 0 bridgehead atoms. The van der Waals surface area contributed by atoms with Crippen molar-refractivity contribution in [3.63, 3.8) is 0 Å². The van der Waals surface area contributed by atoms with Crippen LogP contribution in [0.5, 0.6) is 11.6 Å². The summed E-state index contributed by atoms with van der Waals surface area (Å²) < 4.78 is 32.7. The Labute approximate surface area is 143 Å². The topological polar surface area (TPSA) is 51.2 Å². The van der Waals surface area contributed by atoms with Crippen LogP contribution in [0.25, 0.3) is 0 Å². The minimum atomic E-state index is -0.701. The Morgan fingerprint density at radius 2 is 1.76 bits per heavy atom. The first-order valence-electron chi connectivity index (χ1n) is 7.53. The zero-order valence-corrected chi connectivity index (χ0v) is 13.1. The molecule has 1 amide bonds. The summed E-state index contributed by atoms with van der Waals surface area (Å²) >= 11 is 0. The highest BCUT2D eigenvalue weighted by Crippen LogP contribution is 2.20. The lowest BCUT2D eigenvalue weighted by Crippen LogP contribution is -2.24. The van der Waals surface area contributed by atoms with E-state index >= 15 is 0 Å². The first kappa shape index (κ1) is 16.6. The molecule has 3 aromatic rings. The lowest BCUT2D eigenvalue weighted by Gasteiger charge is -2.09. The van der Waals surface area contributed by atoms with E-state index in [0.717, 1.165) is 12.1 Å². The SMILES string of the molecule is O=C(NCc1c(F)cccc1F)c1cccc(Oc2ccccn2)c1. The number of hydrogen-bond acceptors (Lipinski definition) is 3. The predicted octanol–water partition coefficient (Wildman–Crippen LogP) is 4.08. The number of aromatic nitrogens is 1. The number of ether oxygens (including phenoxy) is 1. The number of carbonyl (C=O) groups excluding carboxylic acids is 1.